The first-order chi connectivity index (χ1) is 9.11. The van der Waals surface area contributed by atoms with E-state index < -0.39 is 0 Å². The first-order valence-electron chi connectivity index (χ1n) is 6.41. The molecule has 2 rings (SSSR count). The Morgan fingerprint density at radius 3 is 2.37 bits per heavy atom. The fraction of sp³-hybridized carbons (Fsp3) is 0.312. The van der Waals surface area contributed by atoms with Crippen molar-refractivity contribution in [2.24, 2.45) is 5.92 Å². The lowest BCUT2D eigenvalue weighted by molar-refractivity contribution is 0.562. The SMILES string of the molecule is Cc1ccc(-c2ccnc(C(C#N)C(C)C)n2)cc1. The normalized spacial score (nSPS) is 12.2. The van der Waals surface area contributed by atoms with Crippen LogP contribution >= 0.6 is 0 Å². The molecule has 0 saturated heterocycles. The molecule has 1 unspecified atom stereocenters. The van der Waals surface area contributed by atoms with Gasteiger partial charge in [-0.3, -0.25) is 0 Å². The fourth-order valence-corrected chi connectivity index (χ4v) is 1.91. The van der Waals surface area contributed by atoms with Crippen LogP contribution in [-0.2, 0) is 0 Å². The number of aromatic nitrogens is 2. The molecule has 0 saturated carbocycles. The van der Waals surface area contributed by atoms with E-state index in [4.69, 9.17) is 0 Å². The third kappa shape index (κ3) is 2.97. The minimum Gasteiger partial charge on any atom is -0.240 e. The van der Waals surface area contributed by atoms with Gasteiger partial charge < -0.3 is 0 Å². The van der Waals surface area contributed by atoms with Crippen LogP contribution in [0.15, 0.2) is 36.5 Å². The molecular weight excluding hydrogens is 234 g/mol. The summed E-state index contributed by atoms with van der Waals surface area (Å²) in [5.74, 6) is 0.555. The Morgan fingerprint density at radius 1 is 1.11 bits per heavy atom. The summed E-state index contributed by atoms with van der Waals surface area (Å²) in [7, 11) is 0. The summed E-state index contributed by atoms with van der Waals surface area (Å²) >= 11 is 0. The zero-order valence-corrected chi connectivity index (χ0v) is 11.5. The Bertz CT molecular complexity index is 594. The number of rotatable bonds is 3. The molecule has 19 heavy (non-hydrogen) atoms. The molecule has 0 aliphatic carbocycles. The highest BCUT2D eigenvalue weighted by molar-refractivity contribution is 5.59. The summed E-state index contributed by atoms with van der Waals surface area (Å²) in [5, 5.41) is 9.22. The zero-order chi connectivity index (χ0) is 13.8. The van der Waals surface area contributed by atoms with Crippen LogP contribution in [0.25, 0.3) is 11.3 Å². The van der Waals surface area contributed by atoms with Crippen LogP contribution in [0.4, 0.5) is 0 Å². The van der Waals surface area contributed by atoms with Crippen molar-refractivity contribution in [1.82, 2.24) is 9.97 Å². The zero-order valence-electron chi connectivity index (χ0n) is 11.5. The van der Waals surface area contributed by atoms with Gasteiger partial charge in [0.05, 0.1) is 11.8 Å². The van der Waals surface area contributed by atoms with Crippen molar-refractivity contribution in [2.75, 3.05) is 0 Å². The van der Waals surface area contributed by atoms with Gasteiger partial charge in [-0.1, -0.05) is 43.7 Å². The Labute approximate surface area is 114 Å². The Kier molecular flexibility index (Phi) is 3.91. The smallest absolute Gasteiger partial charge is 0.146 e. The van der Waals surface area contributed by atoms with Crippen LogP contribution in [-0.4, -0.2) is 9.97 Å². The molecule has 0 fully saturated rings. The predicted molar refractivity (Wildman–Crippen MR) is 75.4 cm³/mol. The van der Waals surface area contributed by atoms with Crippen molar-refractivity contribution >= 4 is 0 Å². The predicted octanol–water partition coefficient (Wildman–Crippen LogP) is 3.72. The molecule has 1 heterocycles. The summed E-state index contributed by atoms with van der Waals surface area (Å²) in [6.07, 6.45) is 1.73. The lowest BCUT2D eigenvalue weighted by Crippen LogP contribution is -2.09. The van der Waals surface area contributed by atoms with Crippen LogP contribution in [0.3, 0.4) is 0 Å². The van der Waals surface area contributed by atoms with E-state index >= 15 is 0 Å². The van der Waals surface area contributed by atoms with Gasteiger partial charge in [-0.05, 0) is 18.9 Å². The molecular formula is C16H17N3. The summed E-state index contributed by atoms with van der Waals surface area (Å²) in [6.45, 7) is 6.07. The molecule has 0 bridgehead atoms. The molecule has 1 aromatic carbocycles. The maximum absolute atomic E-state index is 9.22. The molecule has 1 atom stereocenters. The third-order valence-electron chi connectivity index (χ3n) is 3.11. The average Bonchev–Trinajstić information content (AvgIpc) is 2.40. The second-order valence-electron chi connectivity index (χ2n) is 5.02. The maximum Gasteiger partial charge on any atom is 0.146 e. The summed E-state index contributed by atoms with van der Waals surface area (Å²) in [4.78, 5) is 8.77. The highest BCUT2D eigenvalue weighted by Crippen LogP contribution is 2.23. The van der Waals surface area contributed by atoms with E-state index in [2.05, 4.69) is 35.1 Å². The first-order valence-corrected chi connectivity index (χ1v) is 6.41. The van der Waals surface area contributed by atoms with Gasteiger partial charge >= 0.3 is 0 Å². The minimum atomic E-state index is -0.259. The Balaban J connectivity index is 2.39. The highest BCUT2D eigenvalue weighted by Gasteiger charge is 2.18. The summed E-state index contributed by atoms with van der Waals surface area (Å²) in [6, 6.07) is 12.4. The first kappa shape index (κ1) is 13.2. The van der Waals surface area contributed by atoms with Crippen molar-refractivity contribution in [3.05, 3.63) is 47.9 Å². The quantitative estimate of drug-likeness (QED) is 0.835. The average molecular weight is 251 g/mol. The van der Waals surface area contributed by atoms with Crippen LogP contribution in [0.5, 0.6) is 0 Å². The van der Waals surface area contributed by atoms with Crippen molar-refractivity contribution < 1.29 is 0 Å². The fourth-order valence-electron chi connectivity index (χ4n) is 1.91. The van der Waals surface area contributed by atoms with E-state index in [1.807, 2.05) is 32.0 Å². The van der Waals surface area contributed by atoms with E-state index in [1.54, 1.807) is 6.20 Å². The Hall–Kier alpha value is -2.21. The minimum absolute atomic E-state index is 0.207. The van der Waals surface area contributed by atoms with Crippen LogP contribution in [0.2, 0.25) is 0 Å². The number of nitrogens with zero attached hydrogens (tertiary/aromatic N) is 3. The standard InChI is InChI=1S/C16H17N3/c1-11(2)14(10-17)16-18-9-8-15(19-16)13-6-4-12(3)5-7-13/h4-9,11,14H,1-3H3. The van der Waals surface area contributed by atoms with Gasteiger partial charge in [0.15, 0.2) is 0 Å². The molecule has 0 aliphatic rings. The molecule has 2 aromatic rings. The Morgan fingerprint density at radius 2 is 1.79 bits per heavy atom. The van der Waals surface area contributed by atoms with E-state index in [1.165, 1.54) is 5.56 Å². The number of hydrogen-bond donors (Lipinski definition) is 0. The molecule has 3 heteroatoms. The molecule has 1 aromatic heterocycles. The topological polar surface area (TPSA) is 49.6 Å². The van der Waals surface area contributed by atoms with Gasteiger partial charge in [-0.25, -0.2) is 9.97 Å². The van der Waals surface area contributed by atoms with E-state index in [9.17, 15) is 5.26 Å². The van der Waals surface area contributed by atoms with Crippen LogP contribution in [0, 0.1) is 24.2 Å². The van der Waals surface area contributed by atoms with Crippen molar-refractivity contribution in [3.63, 3.8) is 0 Å². The van der Waals surface area contributed by atoms with E-state index in [0.717, 1.165) is 11.3 Å². The molecule has 0 amide bonds. The maximum atomic E-state index is 9.22. The van der Waals surface area contributed by atoms with Crippen molar-refractivity contribution in [2.45, 2.75) is 26.7 Å². The summed E-state index contributed by atoms with van der Waals surface area (Å²) in [5.41, 5.74) is 3.13. The second-order valence-corrected chi connectivity index (χ2v) is 5.02. The highest BCUT2D eigenvalue weighted by atomic mass is 14.9. The van der Waals surface area contributed by atoms with Crippen molar-refractivity contribution in [1.29, 1.82) is 5.26 Å². The molecule has 96 valence electrons. The van der Waals surface area contributed by atoms with E-state index in [-0.39, 0.29) is 11.8 Å². The van der Waals surface area contributed by atoms with E-state index in [0.29, 0.717) is 5.82 Å². The molecule has 0 spiro atoms. The molecule has 0 N–H and O–H groups in total. The van der Waals surface area contributed by atoms with Gasteiger partial charge in [0, 0.05) is 11.8 Å². The summed E-state index contributed by atoms with van der Waals surface area (Å²) < 4.78 is 0. The third-order valence-corrected chi connectivity index (χ3v) is 3.11. The van der Waals surface area contributed by atoms with Gasteiger partial charge in [0.2, 0.25) is 0 Å². The van der Waals surface area contributed by atoms with Crippen LogP contribution in [0.1, 0.15) is 31.2 Å². The lowest BCUT2D eigenvalue weighted by atomic mass is 9.96. The number of aryl methyl sites for hydroxylation is 1. The molecule has 3 nitrogen and oxygen atoms in total. The van der Waals surface area contributed by atoms with Gasteiger partial charge in [0.1, 0.15) is 11.7 Å². The number of nitriles is 1. The number of hydrogen-bond acceptors (Lipinski definition) is 3. The molecule has 0 radical (unpaired) electrons. The largest absolute Gasteiger partial charge is 0.240 e. The monoisotopic (exact) mass is 251 g/mol. The number of benzene rings is 1. The van der Waals surface area contributed by atoms with Gasteiger partial charge in [0.25, 0.3) is 0 Å². The second kappa shape index (κ2) is 5.62. The van der Waals surface area contributed by atoms with Crippen molar-refractivity contribution in [3.8, 4) is 17.3 Å². The van der Waals surface area contributed by atoms with Gasteiger partial charge in [-0.15, -0.1) is 0 Å². The van der Waals surface area contributed by atoms with Gasteiger partial charge in [-0.2, -0.15) is 5.26 Å². The molecule has 0 aliphatic heterocycles. The lowest BCUT2D eigenvalue weighted by Gasteiger charge is -2.12. The van der Waals surface area contributed by atoms with Crippen LogP contribution < -0.4 is 0 Å².